The molecule has 0 heterocycles. The summed E-state index contributed by atoms with van der Waals surface area (Å²) in [6.45, 7) is 0. The van der Waals surface area contributed by atoms with E-state index in [1.807, 2.05) is 0 Å². The Bertz CT molecular complexity index is 96.1. The van der Waals surface area contributed by atoms with E-state index >= 15 is 0 Å². The molecule has 0 aromatic heterocycles. The van der Waals surface area contributed by atoms with Crippen LogP contribution in [0, 0.1) is 0 Å². The first kappa shape index (κ1) is 15.9. The van der Waals surface area contributed by atoms with Crippen molar-refractivity contribution < 1.29 is 59.9 Å². The van der Waals surface area contributed by atoms with Crippen LogP contribution in [0.4, 0.5) is 0 Å². The van der Waals surface area contributed by atoms with Gasteiger partial charge >= 0.3 is 29.6 Å². The fourth-order valence-electron chi connectivity index (χ4n) is 0. The van der Waals surface area contributed by atoms with Crippen LogP contribution in [0.3, 0.4) is 0 Å². The Morgan fingerprint density at radius 2 is 1.43 bits per heavy atom. The van der Waals surface area contributed by atoms with Gasteiger partial charge in [-0.05, 0) is 0 Å². The topological polar surface area (TPSA) is 57.5 Å². The summed E-state index contributed by atoms with van der Waals surface area (Å²) in [5, 5.41) is 0. The Morgan fingerprint density at radius 3 is 1.43 bits per heavy atom. The van der Waals surface area contributed by atoms with Gasteiger partial charge in [-0.15, -0.1) is 0 Å². The van der Waals surface area contributed by atoms with Crippen molar-refractivity contribution in [1.29, 1.82) is 0 Å². The molecule has 2 N–H and O–H groups in total. The summed E-state index contributed by atoms with van der Waals surface area (Å²) >= 11 is 3.47. The van der Waals surface area contributed by atoms with Crippen LogP contribution < -0.4 is 46.5 Å². The molecule has 0 spiro atoms. The molecule has 0 unspecified atom stereocenters. The first-order chi connectivity index (χ1) is 2.00. The van der Waals surface area contributed by atoms with Crippen molar-refractivity contribution in [2.45, 2.75) is 0 Å². The summed E-state index contributed by atoms with van der Waals surface area (Å²) in [4.78, 5) is 0. The van der Waals surface area contributed by atoms with Gasteiger partial charge in [0.05, 0.1) is 0 Å². The first-order valence-electron chi connectivity index (χ1n) is 0.698. The maximum absolute atomic E-state index is 9.11. The van der Waals surface area contributed by atoms with Crippen LogP contribution >= 0.6 is 0 Å². The summed E-state index contributed by atoms with van der Waals surface area (Å²) < 4.78 is 24.0. The van der Waals surface area contributed by atoms with Crippen LogP contribution in [0.25, 0.3) is 0 Å². The molecule has 0 amide bonds. The Hall–Kier alpha value is 1.77. The van der Waals surface area contributed by atoms with Crippen LogP contribution in [-0.4, -0.2) is 13.3 Å². The second-order valence-corrected chi connectivity index (χ2v) is 2.65. The molecule has 0 rings (SSSR count). The molecule has 0 fully saturated rings. The van der Waals surface area contributed by atoms with Gasteiger partial charge in [0.15, 0.2) is 0 Å². The SMILES string of the molecule is O=S(O)(O)=S.[Br-].[Na+]. The third kappa shape index (κ3) is 82.6. The van der Waals surface area contributed by atoms with Crippen LogP contribution in [0.5, 0.6) is 0 Å². The molecule has 0 aliphatic carbocycles. The van der Waals surface area contributed by atoms with E-state index in [2.05, 4.69) is 11.2 Å². The molecule has 7 heavy (non-hydrogen) atoms. The summed E-state index contributed by atoms with van der Waals surface area (Å²) in [5.41, 5.74) is 0. The van der Waals surface area contributed by atoms with E-state index in [1.54, 1.807) is 0 Å². The summed E-state index contributed by atoms with van der Waals surface area (Å²) in [7, 11) is -3.83. The van der Waals surface area contributed by atoms with Gasteiger partial charge in [-0.2, -0.15) is 4.21 Å². The van der Waals surface area contributed by atoms with Gasteiger partial charge in [0.1, 0.15) is 0 Å². The van der Waals surface area contributed by atoms with Gasteiger partial charge < -0.3 is 17.0 Å². The van der Waals surface area contributed by atoms with Crippen LogP contribution in [0.2, 0.25) is 0 Å². The molecule has 0 aliphatic heterocycles. The number of rotatable bonds is 0. The molecule has 0 saturated carbocycles. The van der Waals surface area contributed by atoms with E-state index < -0.39 is 9.05 Å². The predicted octanol–water partition coefficient (Wildman–Crippen LogP) is -6.31. The van der Waals surface area contributed by atoms with Crippen molar-refractivity contribution in [2.75, 3.05) is 0 Å². The summed E-state index contributed by atoms with van der Waals surface area (Å²) in [5.74, 6) is 0. The van der Waals surface area contributed by atoms with E-state index in [1.165, 1.54) is 0 Å². The Morgan fingerprint density at radius 1 is 1.43 bits per heavy atom. The number of hydrogen-bond acceptors (Lipinski definition) is 2. The van der Waals surface area contributed by atoms with Crippen molar-refractivity contribution in [3.8, 4) is 0 Å². The van der Waals surface area contributed by atoms with Gasteiger partial charge in [0.25, 0.3) is 9.05 Å². The molecule has 0 bridgehead atoms. The fraction of sp³-hybridized carbons (Fsp3) is 0. The standard InChI is InChI=1S/BrH.Na.H2O3S2/c;;1-5(2,3)4/h1H;;(H2,1,2,3,4)/q;+1;/p-1. The third-order valence-electron chi connectivity index (χ3n) is 0. The zero-order valence-electron chi connectivity index (χ0n) is 3.50. The minimum Gasteiger partial charge on any atom is -1.00 e. The maximum atomic E-state index is 9.11. The fourth-order valence-corrected chi connectivity index (χ4v) is 0. The van der Waals surface area contributed by atoms with Crippen LogP contribution in [-0.2, 0) is 20.2 Å². The van der Waals surface area contributed by atoms with E-state index in [0.29, 0.717) is 0 Å². The van der Waals surface area contributed by atoms with E-state index in [4.69, 9.17) is 13.3 Å². The first-order valence-corrected chi connectivity index (χ1v) is 3.10. The molecule has 0 aromatic rings. The molecule has 0 radical (unpaired) electrons. The van der Waals surface area contributed by atoms with Crippen LogP contribution in [0.1, 0.15) is 0 Å². The molecule has 0 saturated heterocycles. The van der Waals surface area contributed by atoms with E-state index in [9.17, 15) is 0 Å². The normalized spacial score (nSPS) is 8.29. The van der Waals surface area contributed by atoms with Gasteiger partial charge in [-0.25, -0.2) is 0 Å². The molecular formula is H2BrNaO3S2. The third-order valence-corrected chi connectivity index (χ3v) is 0. The van der Waals surface area contributed by atoms with Crippen molar-refractivity contribution >= 4 is 20.2 Å². The van der Waals surface area contributed by atoms with Gasteiger partial charge in [0.2, 0.25) is 0 Å². The average Bonchev–Trinajstić information content (AvgIpc) is 0.722. The Kier molecular flexibility index (Phi) is 13.4. The molecule has 0 aliphatic rings. The van der Waals surface area contributed by atoms with E-state index in [0.717, 1.165) is 0 Å². The van der Waals surface area contributed by atoms with Crippen molar-refractivity contribution in [1.82, 2.24) is 0 Å². The molecule has 3 nitrogen and oxygen atoms in total. The van der Waals surface area contributed by atoms with Crippen molar-refractivity contribution in [2.24, 2.45) is 0 Å². The molecule has 40 valence electrons. The van der Waals surface area contributed by atoms with Crippen LogP contribution in [0.15, 0.2) is 0 Å². The quantitative estimate of drug-likeness (QED) is 0.396. The molecule has 7 heteroatoms. The van der Waals surface area contributed by atoms with Gasteiger partial charge in [-0.3, -0.25) is 9.11 Å². The predicted molar refractivity (Wildman–Crippen MR) is 20.8 cm³/mol. The summed E-state index contributed by atoms with van der Waals surface area (Å²) in [6, 6.07) is 0. The smallest absolute Gasteiger partial charge is 1.00 e. The summed E-state index contributed by atoms with van der Waals surface area (Å²) in [6.07, 6.45) is 0. The molecule has 0 aromatic carbocycles. The molecule has 0 atom stereocenters. The maximum Gasteiger partial charge on any atom is 1.00 e. The minimum absolute atomic E-state index is 0. The average molecular weight is 217 g/mol. The second-order valence-electron chi connectivity index (χ2n) is 0.448. The largest absolute Gasteiger partial charge is 1.00 e. The van der Waals surface area contributed by atoms with Gasteiger partial charge in [-0.1, -0.05) is 0 Å². The Balaban J connectivity index is -0.0000000800. The van der Waals surface area contributed by atoms with E-state index in [-0.39, 0.29) is 46.5 Å². The zero-order valence-corrected chi connectivity index (χ0v) is 8.72. The zero-order chi connectivity index (χ0) is 4.50. The second kappa shape index (κ2) is 5.90. The monoisotopic (exact) mass is 216 g/mol. The van der Waals surface area contributed by atoms with Crippen molar-refractivity contribution in [3.05, 3.63) is 0 Å². The minimum atomic E-state index is -3.83. The Labute approximate surface area is 79.3 Å². The number of hydrogen-bond donors (Lipinski definition) is 2. The van der Waals surface area contributed by atoms with Gasteiger partial charge in [0, 0.05) is 11.2 Å². The number of halogens is 1. The van der Waals surface area contributed by atoms with Crippen molar-refractivity contribution in [3.63, 3.8) is 0 Å². The molecular weight excluding hydrogens is 215 g/mol.